The third-order valence-electron chi connectivity index (χ3n) is 2.91. The van der Waals surface area contributed by atoms with Crippen LogP contribution in [0.4, 0.5) is 0 Å². The minimum Gasteiger partial charge on any atom is -0.311 e. The molecule has 1 aliphatic rings. The van der Waals surface area contributed by atoms with Crippen molar-refractivity contribution in [3.63, 3.8) is 0 Å². The van der Waals surface area contributed by atoms with Crippen LogP contribution in [0.5, 0.6) is 0 Å². The van der Waals surface area contributed by atoms with Gasteiger partial charge in [-0.05, 0) is 42.2 Å². The average Bonchev–Trinajstić information content (AvgIpc) is 2.68. The normalized spacial score (nSPS) is 18.9. The Kier molecular flexibility index (Phi) is 2.43. The smallest absolute Gasteiger partial charge is 0.0302 e. The summed E-state index contributed by atoms with van der Waals surface area (Å²) in [6, 6.07) is 2.19. The molecule has 0 bridgehead atoms. The minimum atomic E-state index is 0.630. The Morgan fingerprint density at radius 2 is 2.31 bits per heavy atom. The Hall–Kier alpha value is -0.340. The molecule has 2 rings (SSSR count). The largest absolute Gasteiger partial charge is 0.311 e. The molecule has 0 spiro atoms. The fraction of sp³-hybridized carbons (Fsp3) is 0.636. The summed E-state index contributed by atoms with van der Waals surface area (Å²) in [6.07, 6.45) is 2.81. The second-order valence-electron chi connectivity index (χ2n) is 4.44. The van der Waals surface area contributed by atoms with Crippen molar-refractivity contribution in [3.05, 3.63) is 21.9 Å². The monoisotopic (exact) mass is 195 g/mol. The molecule has 1 fully saturated rings. The van der Waals surface area contributed by atoms with Crippen LogP contribution in [0.15, 0.2) is 11.4 Å². The number of aryl methyl sites for hydroxylation is 1. The highest BCUT2D eigenvalue weighted by molar-refractivity contribution is 7.10. The van der Waals surface area contributed by atoms with E-state index in [-0.39, 0.29) is 0 Å². The number of rotatable bonds is 4. The SMILES string of the molecule is Cc1ccsc1CNCC1(C)CC1. The molecule has 0 unspecified atom stereocenters. The van der Waals surface area contributed by atoms with E-state index in [0.29, 0.717) is 5.41 Å². The molecule has 0 radical (unpaired) electrons. The molecule has 1 aromatic rings. The number of hydrogen-bond acceptors (Lipinski definition) is 2. The molecular formula is C11H17NS. The predicted octanol–water partition coefficient (Wildman–Crippen LogP) is 2.95. The number of nitrogens with one attached hydrogen (secondary N) is 1. The summed E-state index contributed by atoms with van der Waals surface area (Å²) in [5.74, 6) is 0. The van der Waals surface area contributed by atoms with Gasteiger partial charge in [0.25, 0.3) is 0 Å². The van der Waals surface area contributed by atoms with Crippen molar-refractivity contribution in [2.45, 2.75) is 33.2 Å². The van der Waals surface area contributed by atoms with Crippen molar-refractivity contribution in [1.82, 2.24) is 5.32 Å². The molecule has 0 aromatic carbocycles. The molecule has 72 valence electrons. The standard InChI is InChI=1S/C11H17NS/c1-9-3-6-13-10(9)7-12-8-11(2)4-5-11/h3,6,12H,4-5,7-8H2,1-2H3. The van der Waals surface area contributed by atoms with Gasteiger partial charge in [0.1, 0.15) is 0 Å². The molecular weight excluding hydrogens is 178 g/mol. The van der Waals surface area contributed by atoms with Crippen LogP contribution in [0.3, 0.4) is 0 Å². The van der Waals surface area contributed by atoms with Crippen LogP contribution >= 0.6 is 11.3 Å². The maximum Gasteiger partial charge on any atom is 0.0302 e. The lowest BCUT2D eigenvalue weighted by atomic mass is 10.1. The van der Waals surface area contributed by atoms with Crippen molar-refractivity contribution in [3.8, 4) is 0 Å². The lowest BCUT2D eigenvalue weighted by Gasteiger charge is -2.09. The van der Waals surface area contributed by atoms with Crippen molar-refractivity contribution in [1.29, 1.82) is 0 Å². The summed E-state index contributed by atoms with van der Waals surface area (Å²) in [5, 5.41) is 5.71. The summed E-state index contributed by atoms with van der Waals surface area (Å²) in [6.45, 7) is 6.79. The highest BCUT2D eigenvalue weighted by Gasteiger charge is 2.36. The zero-order valence-corrected chi connectivity index (χ0v) is 9.21. The van der Waals surface area contributed by atoms with E-state index in [0.717, 1.165) is 6.54 Å². The average molecular weight is 195 g/mol. The van der Waals surface area contributed by atoms with Crippen LogP contribution in [-0.2, 0) is 6.54 Å². The fourth-order valence-corrected chi connectivity index (χ4v) is 2.33. The molecule has 1 aromatic heterocycles. The maximum atomic E-state index is 3.54. The molecule has 1 nitrogen and oxygen atoms in total. The molecule has 1 N–H and O–H groups in total. The first-order chi connectivity index (χ1) is 6.20. The zero-order valence-electron chi connectivity index (χ0n) is 8.39. The first-order valence-electron chi connectivity index (χ1n) is 4.93. The van der Waals surface area contributed by atoms with E-state index < -0.39 is 0 Å². The van der Waals surface area contributed by atoms with Crippen LogP contribution in [0.1, 0.15) is 30.2 Å². The Labute approximate surface area is 84.2 Å². The Morgan fingerprint density at radius 1 is 1.54 bits per heavy atom. The molecule has 0 atom stereocenters. The van der Waals surface area contributed by atoms with Gasteiger partial charge in [-0.15, -0.1) is 11.3 Å². The van der Waals surface area contributed by atoms with Crippen LogP contribution in [0.2, 0.25) is 0 Å². The Balaban J connectivity index is 1.77. The van der Waals surface area contributed by atoms with E-state index in [4.69, 9.17) is 0 Å². The molecule has 1 aliphatic carbocycles. The van der Waals surface area contributed by atoms with E-state index in [1.807, 2.05) is 11.3 Å². The highest BCUT2D eigenvalue weighted by atomic mass is 32.1. The van der Waals surface area contributed by atoms with Gasteiger partial charge in [-0.1, -0.05) is 6.92 Å². The lowest BCUT2D eigenvalue weighted by molar-refractivity contribution is 0.501. The second-order valence-corrected chi connectivity index (χ2v) is 5.44. The van der Waals surface area contributed by atoms with Crippen molar-refractivity contribution < 1.29 is 0 Å². The van der Waals surface area contributed by atoms with Gasteiger partial charge < -0.3 is 5.32 Å². The minimum absolute atomic E-state index is 0.630. The quantitative estimate of drug-likeness (QED) is 0.779. The van der Waals surface area contributed by atoms with E-state index >= 15 is 0 Å². The summed E-state index contributed by atoms with van der Waals surface area (Å²) >= 11 is 1.86. The summed E-state index contributed by atoms with van der Waals surface area (Å²) in [5.41, 5.74) is 2.06. The zero-order chi connectivity index (χ0) is 9.31. The third-order valence-corrected chi connectivity index (χ3v) is 3.93. The molecule has 1 saturated carbocycles. The molecule has 0 saturated heterocycles. The highest BCUT2D eigenvalue weighted by Crippen LogP contribution is 2.44. The van der Waals surface area contributed by atoms with Gasteiger partial charge in [-0.25, -0.2) is 0 Å². The van der Waals surface area contributed by atoms with E-state index in [1.165, 1.54) is 29.8 Å². The van der Waals surface area contributed by atoms with Crippen molar-refractivity contribution in [2.24, 2.45) is 5.41 Å². The molecule has 1 heterocycles. The van der Waals surface area contributed by atoms with E-state index in [9.17, 15) is 0 Å². The number of hydrogen-bond donors (Lipinski definition) is 1. The molecule has 2 heteroatoms. The van der Waals surface area contributed by atoms with E-state index in [1.54, 1.807) is 0 Å². The Morgan fingerprint density at radius 3 is 2.85 bits per heavy atom. The van der Waals surface area contributed by atoms with Crippen LogP contribution in [0.25, 0.3) is 0 Å². The van der Waals surface area contributed by atoms with Gasteiger partial charge in [-0.3, -0.25) is 0 Å². The predicted molar refractivity (Wildman–Crippen MR) is 58.1 cm³/mol. The van der Waals surface area contributed by atoms with Crippen molar-refractivity contribution >= 4 is 11.3 Å². The topological polar surface area (TPSA) is 12.0 Å². The molecule has 0 amide bonds. The summed E-state index contributed by atoms with van der Waals surface area (Å²) in [7, 11) is 0. The van der Waals surface area contributed by atoms with E-state index in [2.05, 4.69) is 30.6 Å². The lowest BCUT2D eigenvalue weighted by Crippen LogP contribution is -2.21. The van der Waals surface area contributed by atoms with Gasteiger partial charge in [0.05, 0.1) is 0 Å². The first kappa shape index (κ1) is 9.22. The van der Waals surface area contributed by atoms with Crippen molar-refractivity contribution in [2.75, 3.05) is 6.54 Å². The number of thiophene rings is 1. The summed E-state index contributed by atoms with van der Waals surface area (Å²) < 4.78 is 0. The van der Waals surface area contributed by atoms with Crippen LogP contribution < -0.4 is 5.32 Å². The third kappa shape index (κ3) is 2.32. The first-order valence-corrected chi connectivity index (χ1v) is 5.81. The van der Waals surface area contributed by atoms with Gasteiger partial charge in [0.15, 0.2) is 0 Å². The van der Waals surface area contributed by atoms with Gasteiger partial charge in [0.2, 0.25) is 0 Å². The van der Waals surface area contributed by atoms with Gasteiger partial charge >= 0.3 is 0 Å². The second kappa shape index (κ2) is 3.43. The van der Waals surface area contributed by atoms with Gasteiger partial charge in [0, 0.05) is 18.0 Å². The Bertz CT molecular complexity index is 286. The maximum absolute atomic E-state index is 3.54. The summed E-state index contributed by atoms with van der Waals surface area (Å²) in [4.78, 5) is 1.49. The van der Waals surface area contributed by atoms with Gasteiger partial charge in [-0.2, -0.15) is 0 Å². The van der Waals surface area contributed by atoms with Crippen LogP contribution in [-0.4, -0.2) is 6.54 Å². The molecule has 0 aliphatic heterocycles. The molecule has 13 heavy (non-hydrogen) atoms. The van der Waals surface area contributed by atoms with Crippen LogP contribution in [0, 0.1) is 12.3 Å². The fourth-order valence-electron chi connectivity index (χ4n) is 1.45.